The lowest BCUT2D eigenvalue weighted by Crippen LogP contribution is -2.29. The van der Waals surface area contributed by atoms with Gasteiger partial charge in [0, 0.05) is 10.4 Å². The Morgan fingerprint density at radius 1 is 1.13 bits per heavy atom. The van der Waals surface area contributed by atoms with Crippen molar-refractivity contribution in [3.05, 3.63) is 82.4 Å². The highest BCUT2D eigenvalue weighted by Crippen LogP contribution is 2.35. The number of aryl methyl sites for hydroxylation is 1. The summed E-state index contributed by atoms with van der Waals surface area (Å²) in [5.41, 5.74) is 2.74. The molecule has 2 aromatic heterocycles. The largest absolute Gasteiger partial charge is 0.496 e. The van der Waals surface area contributed by atoms with Crippen molar-refractivity contribution in [3.8, 4) is 16.2 Å². The fourth-order valence-corrected chi connectivity index (χ4v) is 4.71. The molecule has 7 heteroatoms. The zero-order valence-corrected chi connectivity index (χ0v) is 18.3. The summed E-state index contributed by atoms with van der Waals surface area (Å²) in [5.74, 6) is 0.741. The van der Waals surface area contributed by atoms with Crippen molar-refractivity contribution in [1.82, 2.24) is 9.55 Å². The van der Waals surface area contributed by atoms with Crippen molar-refractivity contribution in [2.24, 2.45) is 0 Å². The van der Waals surface area contributed by atoms with Crippen molar-refractivity contribution >= 4 is 21.6 Å². The third-order valence-electron chi connectivity index (χ3n) is 5.12. The molecule has 160 valence electrons. The molecule has 0 amide bonds. The number of aliphatic hydroxyl groups excluding tert-OH is 1. The van der Waals surface area contributed by atoms with E-state index in [4.69, 9.17) is 9.47 Å². The molecular weight excluding hydrogens is 412 g/mol. The summed E-state index contributed by atoms with van der Waals surface area (Å²) in [6, 6.07) is 17.6. The molecular formula is C24H24N2O4S. The number of aliphatic hydroxyl groups is 1. The first kappa shape index (κ1) is 21.2. The van der Waals surface area contributed by atoms with Crippen LogP contribution in [0, 0.1) is 6.92 Å². The highest BCUT2D eigenvalue weighted by molar-refractivity contribution is 7.22. The van der Waals surface area contributed by atoms with E-state index in [2.05, 4.69) is 4.98 Å². The molecule has 0 aliphatic heterocycles. The van der Waals surface area contributed by atoms with Crippen molar-refractivity contribution in [3.63, 3.8) is 0 Å². The maximum atomic E-state index is 13.1. The summed E-state index contributed by atoms with van der Waals surface area (Å²) < 4.78 is 12.4. The Hall–Kier alpha value is -3.00. The van der Waals surface area contributed by atoms with Crippen LogP contribution < -0.4 is 10.3 Å². The smallest absolute Gasteiger partial charge is 0.262 e. The summed E-state index contributed by atoms with van der Waals surface area (Å²) >= 11 is 1.51. The maximum Gasteiger partial charge on any atom is 0.262 e. The van der Waals surface area contributed by atoms with Crippen molar-refractivity contribution in [1.29, 1.82) is 0 Å². The van der Waals surface area contributed by atoms with Gasteiger partial charge in [0.25, 0.3) is 5.56 Å². The number of rotatable bonds is 8. The van der Waals surface area contributed by atoms with Crippen LogP contribution in [0.4, 0.5) is 0 Å². The van der Waals surface area contributed by atoms with E-state index in [1.54, 1.807) is 7.11 Å². The van der Waals surface area contributed by atoms with Gasteiger partial charge in [-0.15, -0.1) is 11.3 Å². The number of methoxy groups -OCH3 is 1. The zero-order chi connectivity index (χ0) is 21.8. The molecule has 1 N–H and O–H groups in total. The Labute approximate surface area is 184 Å². The number of aromatic nitrogens is 2. The van der Waals surface area contributed by atoms with Gasteiger partial charge in [-0.05, 0) is 24.1 Å². The van der Waals surface area contributed by atoms with E-state index in [0.717, 1.165) is 27.3 Å². The molecule has 0 saturated heterocycles. The second kappa shape index (κ2) is 9.43. The first-order chi connectivity index (χ1) is 15.1. The van der Waals surface area contributed by atoms with Crippen LogP contribution in [0.2, 0.25) is 0 Å². The lowest BCUT2D eigenvalue weighted by Gasteiger charge is -2.14. The molecule has 0 aliphatic carbocycles. The predicted molar refractivity (Wildman–Crippen MR) is 123 cm³/mol. The third kappa shape index (κ3) is 4.54. The van der Waals surface area contributed by atoms with E-state index in [-0.39, 0.29) is 18.7 Å². The first-order valence-electron chi connectivity index (χ1n) is 10.00. The molecule has 1 atom stereocenters. The van der Waals surface area contributed by atoms with Crippen LogP contribution in [-0.4, -0.2) is 34.5 Å². The minimum atomic E-state index is -0.834. The molecule has 0 radical (unpaired) electrons. The number of nitrogens with zero attached hydrogens (tertiary/aromatic N) is 2. The zero-order valence-electron chi connectivity index (χ0n) is 17.4. The number of para-hydroxylation sites is 1. The summed E-state index contributed by atoms with van der Waals surface area (Å²) in [4.78, 5) is 19.3. The van der Waals surface area contributed by atoms with Crippen LogP contribution in [-0.2, 0) is 17.9 Å². The highest BCUT2D eigenvalue weighted by atomic mass is 32.1. The maximum absolute atomic E-state index is 13.1. The molecule has 4 aromatic rings. The lowest BCUT2D eigenvalue weighted by atomic mass is 10.1. The summed E-state index contributed by atoms with van der Waals surface area (Å²) in [6.07, 6.45) is 0.665. The summed E-state index contributed by atoms with van der Waals surface area (Å²) in [5, 5.41) is 11.0. The van der Waals surface area contributed by atoms with Crippen molar-refractivity contribution < 1.29 is 14.6 Å². The van der Waals surface area contributed by atoms with Gasteiger partial charge in [-0.3, -0.25) is 9.36 Å². The number of ether oxygens (including phenoxy) is 2. The number of hydrogen-bond acceptors (Lipinski definition) is 6. The summed E-state index contributed by atoms with van der Waals surface area (Å²) in [7, 11) is 1.61. The average molecular weight is 437 g/mol. The third-order valence-corrected chi connectivity index (χ3v) is 6.37. The Kier molecular flexibility index (Phi) is 6.46. The van der Waals surface area contributed by atoms with Crippen molar-refractivity contribution in [2.75, 3.05) is 13.7 Å². The van der Waals surface area contributed by atoms with Gasteiger partial charge in [-0.25, -0.2) is 4.98 Å². The highest BCUT2D eigenvalue weighted by Gasteiger charge is 2.17. The summed E-state index contributed by atoms with van der Waals surface area (Å²) in [6.45, 7) is 2.47. The molecule has 4 rings (SSSR count). The van der Waals surface area contributed by atoms with Gasteiger partial charge in [0.2, 0.25) is 0 Å². The second-order valence-electron chi connectivity index (χ2n) is 7.29. The number of hydrogen-bond donors (Lipinski definition) is 1. The lowest BCUT2D eigenvalue weighted by molar-refractivity contribution is 0.0192. The van der Waals surface area contributed by atoms with Crippen LogP contribution >= 0.6 is 11.3 Å². The monoisotopic (exact) mass is 436 g/mol. The van der Waals surface area contributed by atoms with E-state index in [1.807, 2.05) is 61.5 Å². The van der Waals surface area contributed by atoms with Crippen LogP contribution in [0.5, 0.6) is 5.75 Å². The van der Waals surface area contributed by atoms with Gasteiger partial charge in [-0.2, -0.15) is 0 Å². The molecule has 0 spiro atoms. The standard InChI is InChI=1S/C24H24N2O4S/c1-16-21-23(31-22(16)17-8-4-3-5-9-17)25-15-26(24(21)28)12-19(27)14-30-13-18-10-6-7-11-20(18)29-2/h3-11,15,19,27H,12-14H2,1-2H3. The Morgan fingerprint density at radius 3 is 2.65 bits per heavy atom. The van der Waals surface area contributed by atoms with Crippen LogP contribution in [0.3, 0.4) is 0 Å². The van der Waals surface area contributed by atoms with Gasteiger partial charge in [-0.1, -0.05) is 48.5 Å². The topological polar surface area (TPSA) is 73.6 Å². The Morgan fingerprint density at radius 2 is 1.87 bits per heavy atom. The molecule has 0 bridgehead atoms. The number of fused-ring (bicyclic) bond motifs is 1. The van der Waals surface area contributed by atoms with E-state index < -0.39 is 6.10 Å². The van der Waals surface area contributed by atoms with Crippen molar-refractivity contribution in [2.45, 2.75) is 26.2 Å². The molecule has 2 heterocycles. The van der Waals surface area contributed by atoms with Gasteiger partial charge in [0.1, 0.15) is 10.6 Å². The normalized spacial score (nSPS) is 12.2. The fraction of sp³-hybridized carbons (Fsp3) is 0.250. The Balaban J connectivity index is 1.48. The molecule has 0 aliphatic rings. The molecule has 0 fully saturated rings. The van der Waals surface area contributed by atoms with Crippen LogP contribution in [0.1, 0.15) is 11.1 Å². The molecule has 6 nitrogen and oxygen atoms in total. The quantitative estimate of drug-likeness (QED) is 0.452. The molecule has 0 saturated carbocycles. The van der Waals surface area contributed by atoms with Gasteiger partial charge in [0.15, 0.2) is 0 Å². The van der Waals surface area contributed by atoms with E-state index in [1.165, 1.54) is 22.2 Å². The predicted octanol–water partition coefficient (Wildman–Crippen LogP) is 4.02. The van der Waals surface area contributed by atoms with E-state index in [0.29, 0.717) is 16.8 Å². The molecule has 2 aromatic carbocycles. The van der Waals surface area contributed by atoms with E-state index in [9.17, 15) is 9.90 Å². The first-order valence-corrected chi connectivity index (χ1v) is 10.8. The molecule has 31 heavy (non-hydrogen) atoms. The number of thiophene rings is 1. The fourth-order valence-electron chi connectivity index (χ4n) is 3.56. The Bertz CT molecular complexity index is 1230. The van der Waals surface area contributed by atoms with Gasteiger partial charge < -0.3 is 14.6 Å². The molecule has 1 unspecified atom stereocenters. The van der Waals surface area contributed by atoms with E-state index >= 15 is 0 Å². The second-order valence-corrected chi connectivity index (χ2v) is 8.28. The average Bonchev–Trinajstić information content (AvgIpc) is 3.13. The van der Waals surface area contributed by atoms with Gasteiger partial charge >= 0.3 is 0 Å². The van der Waals surface area contributed by atoms with Crippen LogP contribution in [0.25, 0.3) is 20.7 Å². The van der Waals surface area contributed by atoms with Gasteiger partial charge in [0.05, 0.1) is 44.7 Å². The SMILES string of the molecule is COc1ccccc1COCC(O)Cn1cnc2sc(-c3ccccc3)c(C)c2c1=O. The number of benzene rings is 2. The minimum absolute atomic E-state index is 0.0976. The minimum Gasteiger partial charge on any atom is -0.496 e. The van der Waals surface area contributed by atoms with Crippen LogP contribution in [0.15, 0.2) is 65.7 Å².